The Morgan fingerprint density at radius 2 is 2.29 bits per heavy atom. The molecule has 1 fully saturated rings. The van der Waals surface area contributed by atoms with Gasteiger partial charge in [-0.1, -0.05) is 0 Å². The van der Waals surface area contributed by atoms with E-state index in [0.29, 0.717) is 19.7 Å². The molecular formula is C14H21N3O4. The van der Waals surface area contributed by atoms with Crippen LogP contribution < -0.4 is 5.56 Å². The molecule has 1 heterocycles. The molecule has 2 rings (SSSR count). The van der Waals surface area contributed by atoms with Gasteiger partial charge in [0.25, 0.3) is 11.5 Å². The lowest BCUT2D eigenvalue weighted by atomic mass is 9.91. The summed E-state index contributed by atoms with van der Waals surface area (Å²) in [5, 5.41) is 13.2. The van der Waals surface area contributed by atoms with Crippen LogP contribution in [0.5, 0.6) is 0 Å². The second kappa shape index (κ2) is 7.33. The first-order valence-electron chi connectivity index (χ1n) is 7.16. The van der Waals surface area contributed by atoms with Crippen molar-refractivity contribution < 1.29 is 14.6 Å². The first kappa shape index (κ1) is 15.7. The van der Waals surface area contributed by atoms with Gasteiger partial charge < -0.3 is 14.7 Å². The molecule has 1 saturated carbocycles. The predicted octanol–water partition coefficient (Wildman–Crippen LogP) is -0.123. The third-order valence-corrected chi connectivity index (χ3v) is 3.71. The summed E-state index contributed by atoms with van der Waals surface area (Å²) in [6, 6.07) is 2.95. The summed E-state index contributed by atoms with van der Waals surface area (Å²) >= 11 is 0. The van der Waals surface area contributed by atoms with Crippen molar-refractivity contribution in [2.24, 2.45) is 0 Å². The number of carbonyl (C=O) groups is 1. The van der Waals surface area contributed by atoms with Crippen molar-refractivity contribution in [3.8, 4) is 0 Å². The molecule has 116 valence electrons. The lowest BCUT2D eigenvalue weighted by molar-refractivity contribution is 0.0516. The van der Waals surface area contributed by atoms with Gasteiger partial charge in [-0.25, -0.2) is 4.68 Å². The zero-order valence-corrected chi connectivity index (χ0v) is 12.2. The van der Waals surface area contributed by atoms with E-state index >= 15 is 0 Å². The summed E-state index contributed by atoms with van der Waals surface area (Å²) in [7, 11) is 1.54. The van der Waals surface area contributed by atoms with Crippen LogP contribution in [0.3, 0.4) is 0 Å². The van der Waals surface area contributed by atoms with Crippen LogP contribution in [0.15, 0.2) is 16.9 Å². The minimum atomic E-state index is -0.263. The standard InChI is InChI=1S/C14H21N3O4/c1-21-10-8-17-13(19)6-5-12(15-17)14(20)16(7-9-18)11-3-2-4-11/h5-6,11,18H,2-4,7-10H2,1H3. The fourth-order valence-corrected chi connectivity index (χ4v) is 2.30. The predicted molar refractivity (Wildman–Crippen MR) is 76.1 cm³/mol. The fraction of sp³-hybridized carbons (Fsp3) is 0.643. The quantitative estimate of drug-likeness (QED) is 0.758. The van der Waals surface area contributed by atoms with Crippen molar-refractivity contribution >= 4 is 5.91 Å². The molecule has 7 heteroatoms. The number of ether oxygens (including phenoxy) is 1. The Labute approximate surface area is 123 Å². The number of rotatable bonds is 7. The number of nitrogens with zero attached hydrogens (tertiary/aromatic N) is 3. The molecule has 0 spiro atoms. The van der Waals surface area contributed by atoms with Gasteiger partial charge in [0.15, 0.2) is 0 Å². The molecule has 0 radical (unpaired) electrons. The molecule has 1 aliphatic carbocycles. The molecule has 1 N–H and O–H groups in total. The van der Waals surface area contributed by atoms with Gasteiger partial charge in [0.1, 0.15) is 5.69 Å². The van der Waals surface area contributed by atoms with E-state index in [9.17, 15) is 9.59 Å². The van der Waals surface area contributed by atoms with Crippen LogP contribution in [0.2, 0.25) is 0 Å². The second-order valence-electron chi connectivity index (χ2n) is 5.08. The van der Waals surface area contributed by atoms with Crippen LogP contribution >= 0.6 is 0 Å². The summed E-state index contributed by atoms with van der Waals surface area (Å²) in [6.07, 6.45) is 3.00. The average Bonchev–Trinajstić information content (AvgIpc) is 2.43. The molecule has 0 atom stereocenters. The van der Waals surface area contributed by atoms with E-state index in [4.69, 9.17) is 9.84 Å². The number of aliphatic hydroxyl groups is 1. The molecule has 0 aromatic carbocycles. The first-order chi connectivity index (χ1) is 10.2. The van der Waals surface area contributed by atoms with E-state index in [2.05, 4.69) is 5.10 Å². The summed E-state index contributed by atoms with van der Waals surface area (Å²) in [4.78, 5) is 25.8. The van der Waals surface area contributed by atoms with E-state index in [0.717, 1.165) is 19.3 Å². The van der Waals surface area contributed by atoms with Crippen LogP contribution in [0.1, 0.15) is 29.8 Å². The maximum Gasteiger partial charge on any atom is 0.274 e. The van der Waals surface area contributed by atoms with Crippen LogP contribution in [-0.4, -0.2) is 58.6 Å². The van der Waals surface area contributed by atoms with E-state index < -0.39 is 0 Å². The molecule has 7 nitrogen and oxygen atoms in total. The normalized spacial score (nSPS) is 14.8. The highest BCUT2D eigenvalue weighted by Gasteiger charge is 2.29. The average molecular weight is 295 g/mol. The van der Waals surface area contributed by atoms with Crippen LogP contribution in [-0.2, 0) is 11.3 Å². The lowest BCUT2D eigenvalue weighted by Gasteiger charge is -2.37. The number of methoxy groups -OCH3 is 1. The van der Waals surface area contributed by atoms with Crippen LogP contribution in [0.4, 0.5) is 0 Å². The highest BCUT2D eigenvalue weighted by atomic mass is 16.5. The summed E-state index contributed by atoms with van der Waals surface area (Å²) < 4.78 is 6.15. The van der Waals surface area contributed by atoms with E-state index in [1.54, 1.807) is 12.0 Å². The van der Waals surface area contributed by atoms with E-state index in [-0.39, 0.29) is 29.8 Å². The minimum Gasteiger partial charge on any atom is -0.395 e. The fourth-order valence-electron chi connectivity index (χ4n) is 2.30. The van der Waals surface area contributed by atoms with Gasteiger partial charge in [-0.2, -0.15) is 5.10 Å². The van der Waals surface area contributed by atoms with Crippen molar-refractivity contribution in [1.29, 1.82) is 0 Å². The largest absolute Gasteiger partial charge is 0.395 e. The molecule has 1 aromatic heterocycles. The molecule has 0 unspecified atom stereocenters. The minimum absolute atomic E-state index is 0.0778. The van der Waals surface area contributed by atoms with Crippen LogP contribution in [0.25, 0.3) is 0 Å². The van der Waals surface area contributed by atoms with Gasteiger partial charge in [0, 0.05) is 25.8 Å². The molecular weight excluding hydrogens is 274 g/mol. The van der Waals surface area contributed by atoms with Crippen molar-refractivity contribution in [2.75, 3.05) is 26.9 Å². The van der Waals surface area contributed by atoms with E-state index in [1.165, 1.54) is 16.8 Å². The Kier molecular flexibility index (Phi) is 5.46. The Morgan fingerprint density at radius 1 is 1.52 bits per heavy atom. The van der Waals surface area contributed by atoms with Gasteiger partial charge in [-0.05, 0) is 25.3 Å². The maximum atomic E-state index is 12.5. The Morgan fingerprint density at radius 3 is 2.86 bits per heavy atom. The van der Waals surface area contributed by atoms with Gasteiger partial charge in [0.05, 0.1) is 19.8 Å². The Hall–Kier alpha value is -1.73. The van der Waals surface area contributed by atoms with Gasteiger partial charge in [0.2, 0.25) is 0 Å². The molecule has 1 aromatic rings. The summed E-state index contributed by atoms with van der Waals surface area (Å²) in [6.45, 7) is 0.876. The van der Waals surface area contributed by atoms with Crippen molar-refractivity contribution in [3.63, 3.8) is 0 Å². The SMILES string of the molecule is COCCn1nc(C(=O)N(CCO)C2CCC2)ccc1=O. The third-order valence-electron chi connectivity index (χ3n) is 3.71. The number of aromatic nitrogens is 2. The summed E-state index contributed by atoms with van der Waals surface area (Å²) in [5.74, 6) is -0.236. The van der Waals surface area contributed by atoms with Crippen LogP contribution in [0, 0.1) is 0 Å². The number of hydrogen-bond acceptors (Lipinski definition) is 5. The molecule has 0 bridgehead atoms. The second-order valence-corrected chi connectivity index (χ2v) is 5.08. The third kappa shape index (κ3) is 3.68. The van der Waals surface area contributed by atoms with Gasteiger partial charge in [-0.3, -0.25) is 9.59 Å². The van der Waals surface area contributed by atoms with Gasteiger partial charge >= 0.3 is 0 Å². The number of hydrogen-bond donors (Lipinski definition) is 1. The topological polar surface area (TPSA) is 84.7 Å². The molecule has 1 aliphatic rings. The van der Waals surface area contributed by atoms with Crippen molar-refractivity contribution in [1.82, 2.24) is 14.7 Å². The number of carbonyl (C=O) groups excluding carboxylic acids is 1. The smallest absolute Gasteiger partial charge is 0.274 e. The first-order valence-corrected chi connectivity index (χ1v) is 7.16. The van der Waals surface area contributed by atoms with Crippen molar-refractivity contribution in [3.05, 3.63) is 28.2 Å². The zero-order chi connectivity index (χ0) is 15.2. The maximum absolute atomic E-state index is 12.5. The Balaban J connectivity index is 2.18. The lowest BCUT2D eigenvalue weighted by Crippen LogP contribution is -2.46. The van der Waals surface area contributed by atoms with Gasteiger partial charge in [-0.15, -0.1) is 0 Å². The highest BCUT2D eigenvalue weighted by molar-refractivity contribution is 5.92. The number of aliphatic hydroxyl groups excluding tert-OH is 1. The van der Waals surface area contributed by atoms with Crippen molar-refractivity contribution in [2.45, 2.75) is 31.8 Å². The molecule has 0 aliphatic heterocycles. The zero-order valence-electron chi connectivity index (χ0n) is 12.2. The molecule has 0 saturated heterocycles. The molecule has 21 heavy (non-hydrogen) atoms. The highest BCUT2D eigenvalue weighted by Crippen LogP contribution is 2.25. The monoisotopic (exact) mass is 295 g/mol. The number of amides is 1. The summed E-state index contributed by atoms with van der Waals surface area (Å²) in [5.41, 5.74) is -0.0352. The molecule has 1 amide bonds. The Bertz CT molecular complexity index is 539. The van der Waals surface area contributed by atoms with E-state index in [1.807, 2.05) is 0 Å².